The summed E-state index contributed by atoms with van der Waals surface area (Å²) >= 11 is 11.5. The van der Waals surface area contributed by atoms with Crippen molar-refractivity contribution in [3.05, 3.63) is 58.1 Å². The van der Waals surface area contributed by atoms with Crippen molar-refractivity contribution in [1.29, 1.82) is 0 Å². The van der Waals surface area contributed by atoms with E-state index < -0.39 is 28.6 Å². The van der Waals surface area contributed by atoms with Gasteiger partial charge in [-0.15, -0.1) is 0 Å². The van der Waals surface area contributed by atoms with Crippen molar-refractivity contribution < 1.29 is 22.8 Å². The minimum Gasteiger partial charge on any atom is -0.325 e. The van der Waals surface area contributed by atoms with Crippen molar-refractivity contribution in [2.45, 2.75) is 6.18 Å². The highest BCUT2D eigenvalue weighted by atomic mass is 35.5. The molecule has 28 heavy (non-hydrogen) atoms. The molecule has 0 aromatic heterocycles. The van der Waals surface area contributed by atoms with Gasteiger partial charge in [0, 0.05) is 5.69 Å². The summed E-state index contributed by atoms with van der Waals surface area (Å²) in [5, 5.41) is 4.88. The van der Waals surface area contributed by atoms with E-state index in [9.17, 15) is 22.8 Å². The third kappa shape index (κ3) is 6.40. The van der Waals surface area contributed by atoms with E-state index in [-0.39, 0.29) is 18.8 Å². The molecule has 10 heteroatoms. The molecule has 0 aliphatic carbocycles. The zero-order chi connectivity index (χ0) is 20.9. The van der Waals surface area contributed by atoms with Gasteiger partial charge in [-0.2, -0.15) is 13.2 Å². The number of alkyl halides is 3. The maximum Gasteiger partial charge on any atom is 0.417 e. The highest BCUT2D eigenvalue weighted by Gasteiger charge is 2.33. The SMILES string of the molecule is CN(CC(=O)Nc1ccc(Cl)c(C(F)(F)F)c1)CC(=O)Nc1ccccc1Cl. The number of likely N-dealkylation sites (N-methyl/N-ethyl adjacent to an activating group) is 1. The maximum atomic E-state index is 12.9. The van der Waals surface area contributed by atoms with E-state index in [0.29, 0.717) is 10.7 Å². The molecule has 0 aliphatic rings. The average Bonchev–Trinajstić information content (AvgIpc) is 2.57. The molecule has 2 rings (SSSR count). The van der Waals surface area contributed by atoms with Crippen LogP contribution in [0.5, 0.6) is 0 Å². The number of nitrogens with one attached hydrogen (secondary N) is 2. The van der Waals surface area contributed by atoms with Crippen molar-refractivity contribution in [2.24, 2.45) is 0 Å². The molecule has 0 bridgehead atoms. The van der Waals surface area contributed by atoms with Gasteiger partial charge in [0.2, 0.25) is 11.8 Å². The monoisotopic (exact) mass is 433 g/mol. The van der Waals surface area contributed by atoms with Crippen molar-refractivity contribution >= 4 is 46.4 Å². The summed E-state index contributed by atoms with van der Waals surface area (Å²) in [6.07, 6.45) is -4.63. The zero-order valence-corrected chi connectivity index (χ0v) is 16.1. The first-order valence-electron chi connectivity index (χ1n) is 7.96. The lowest BCUT2D eigenvalue weighted by atomic mass is 10.2. The first-order valence-corrected chi connectivity index (χ1v) is 8.71. The Morgan fingerprint density at radius 2 is 1.57 bits per heavy atom. The van der Waals surface area contributed by atoms with E-state index in [1.807, 2.05) is 0 Å². The van der Waals surface area contributed by atoms with E-state index in [1.165, 1.54) is 18.0 Å². The smallest absolute Gasteiger partial charge is 0.325 e. The molecule has 5 nitrogen and oxygen atoms in total. The van der Waals surface area contributed by atoms with Gasteiger partial charge in [-0.25, -0.2) is 0 Å². The molecule has 2 aromatic rings. The van der Waals surface area contributed by atoms with E-state index in [4.69, 9.17) is 23.2 Å². The molecule has 2 amide bonds. The summed E-state index contributed by atoms with van der Waals surface area (Å²) in [5.41, 5.74) is -0.650. The molecule has 2 N–H and O–H groups in total. The van der Waals surface area contributed by atoms with Crippen LogP contribution in [0.1, 0.15) is 5.56 Å². The Morgan fingerprint density at radius 3 is 2.18 bits per heavy atom. The summed E-state index contributed by atoms with van der Waals surface area (Å²) in [7, 11) is 1.52. The summed E-state index contributed by atoms with van der Waals surface area (Å²) in [6.45, 7) is -0.326. The molecule has 0 spiro atoms. The number of nitrogens with zero attached hydrogens (tertiary/aromatic N) is 1. The van der Waals surface area contributed by atoms with E-state index in [0.717, 1.165) is 12.1 Å². The summed E-state index contributed by atoms with van der Waals surface area (Å²) in [5.74, 6) is -0.974. The molecule has 0 saturated carbocycles. The third-order valence-corrected chi connectivity index (χ3v) is 4.19. The Labute approximate surface area is 169 Å². The molecule has 0 saturated heterocycles. The van der Waals surface area contributed by atoms with Crippen LogP contribution in [-0.2, 0) is 15.8 Å². The Hall–Kier alpha value is -2.29. The van der Waals surface area contributed by atoms with Crippen LogP contribution in [0.15, 0.2) is 42.5 Å². The highest BCUT2D eigenvalue weighted by Crippen LogP contribution is 2.36. The lowest BCUT2D eigenvalue weighted by Gasteiger charge is -2.17. The van der Waals surface area contributed by atoms with Crippen molar-refractivity contribution in [2.75, 3.05) is 30.8 Å². The van der Waals surface area contributed by atoms with Gasteiger partial charge in [0.25, 0.3) is 0 Å². The van der Waals surface area contributed by atoms with Gasteiger partial charge in [0.15, 0.2) is 0 Å². The number of anilines is 2. The number of carbonyl (C=O) groups is 2. The van der Waals surface area contributed by atoms with Gasteiger partial charge in [-0.05, 0) is 37.4 Å². The molecule has 0 radical (unpaired) electrons. The van der Waals surface area contributed by atoms with Crippen LogP contribution in [0.2, 0.25) is 10.0 Å². The number of amides is 2. The van der Waals surface area contributed by atoms with Gasteiger partial charge < -0.3 is 10.6 Å². The van der Waals surface area contributed by atoms with Crippen LogP contribution in [-0.4, -0.2) is 36.9 Å². The second kappa shape index (κ2) is 9.27. The largest absolute Gasteiger partial charge is 0.417 e. The van der Waals surface area contributed by atoms with Crippen LogP contribution in [0.25, 0.3) is 0 Å². The Bertz CT molecular complexity index is 875. The summed E-state index contributed by atoms with van der Waals surface area (Å²) < 4.78 is 38.6. The Balaban J connectivity index is 1.90. The van der Waals surface area contributed by atoms with Gasteiger partial charge in [0.05, 0.1) is 34.4 Å². The number of halogens is 5. The number of benzene rings is 2. The van der Waals surface area contributed by atoms with Crippen LogP contribution < -0.4 is 10.6 Å². The Kier molecular flexibility index (Phi) is 7.29. The van der Waals surface area contributed by atoms with Gasteiger partial charge in [-0.1, -0.05) is 35.3 Å². The standard InChI is InChI=1S/C18H16Cl2F3N3O2/c1-26(10-17(28)25-15-5-3-2-4-14(15)20)9-16(27)24-11-6-7-13(19)12(8-11)18(21,22)23/h2-8H,9-10H2,1H3,(H,24,27)(H,25,28). The van der Waals surface area contributed by atoms with Crippen molar-refractivity contribution in [3.63, 3.8) is 0 Å². The van der Waals surface area contributed by atoms with Crippen LogP contribution in [0.3, 0.4) is 0 Å². The maximum absolute atomic E-state index is 12.9. The van der Waals surface area contributed by atoms with Gasteiger partial charge in [0.1, 0.15) is 0 Å². The lowest BCUT2D eigenvalue weighted by Crippen LogP contribution is -2.36. The number of carbonyl (C=O) groups excluding carboxylic acids is 2. The van der Waals surface area contributed by atoms with Gasteiger partial charge in [-0.3, -0.25) is 14.5 Å². The number of para-hydroxylation sites is 1. The van der Waals surface area contributed by atoms with Crippen molar-refractivity contribution in [1.82, 2.24) is 4.90 Å². The molecule has 0 fully saturated rings. The molecular formula is C18H16Cl2F3N3O2. The van der Waals surface area contributed by atoms with Crippen molar-refractivity contribution in [3.8, 4) is 0 Å². The molecule has 0 unspecified atom stereocenters. The number of hydrogen-bond donors (Lipinski definition) is 2. The Morgan fingerprint density at radius 1 is 0.964 bits per heavy atom. The zero-order valence-electron chi connectivity index (χ0n) is 14.6. The fourth-order valence-corrected chi connectivity index (χ4v) is 2.73. The quantitative estimate of drug-likeness (QED) is 0.703. The van der Waals surface area contributed by atoms with Crippen LogP contribution in [0.4, 0.5) is 24.5 Å². The average molecular weight is 434 g/mol. The molecular weight excluding hydrogens is 418 g/mol. The topological polar surface area (TPSA) is 61.4 Å². The molecule has 0 aliphatic heterocycles. The van der Waals surface area contributed by atoms with E-state index in [1.54, 1.807) is 24.3 Å². The number of hydrogen-bond acceptors (Lipinski definition) is 3. The molecule has 150 valence electrons. The first kappa shape index (κ1) is 22.0. The van der Waals surface area contributed by atoms with Crippen LogP contribution in [0, 0.1) is 0 Å². The normalized spacial score (nSPS) is 11.4. The molecule has 2 aromatic carbocycles. The van der Waals surface area contributed by atoms with Crippen LogP contribution >= 0.6 is 23.2 Å². The molecule has 0 atom stereocenters. The number of rotatable bonds is 6. The second-order valence-corrected chi connectivity index (χ2v) is 6.76. The second-order valence-electron chi connectivity index (χ2n) is 5.94. The first-order chi connectivity index (χ1) is 13.1. The summed E-state index contributed by atoms with van der Waals surface area (Å²) in [6, 6.07) is 9.75. The third-order valence-electron chi connectivity index (χ3n) is 3.53. The predicted octanol–water partition coefficient (Wildman–Crippen LogP) is 4.52. The predicted molar refractivity (Wildman–Crippen MR) is 103 cm³/mol. The highest BCUT2D eigenvalue weighted by molar-refractivity contribution is 6.33. The lowest BCUT2D eigenvalue weighted by molar-refractivity contribution is -0.137. The van der Waals surface area contributed by atoms with E-state index in [2.05, 4.69) is 10.6 Å². The summed E-state index contributed by atoms with van der Waals surface area (Å²) in [4.78, 5) is 25.5. The minimum atomic E-state index is -4.63. The van der Waals surface area contributed by atoms with E-state index >= 15 is 0 Å². The van der Waals surface area contributed by atoms with Gasteiger partial charge >= 0.3 is 6.18 Å². The molecule has 0 heterocycles. The minimum absolute atomic E-state index is 0.0457. The fourth-order valence-electron chi connectivity index (χ4n) is 2.32. The fraction of sp³-hybridized carbons (Fsp3) is 0.222.